The van der Waals surface area contributed by atoms with E-state index >= 15 is 0 Å². The molecular formula is C15H13ClFNO. The fourth-order valence-electron chi connectivity index (χ4n) is 1.95. The maximum atomic E-state index is 13.3. The lowest BCUT2D eigenvalue weighted by atomic mass is 10.2. The predicted molar refractivity (Wildman–Crippen MR) is 75.9 cm³/mol. The summed E-state index contributed by atoms with van der Waals surface area (Å²) in [4.78, 5) is 12.6. The number of aldehydes is 1. The Bertz CT molecular complexity index is 600. The minimum absolute atomic E-state index is 0.295. The van der Waals surface area contributed by atoms with Crippen LogP contribution in [0.1, 0.15) is 17.3 Å². The minimum atomic E-state index is -0.295. The van der Waals surface area contributed by atoms with Gasteiger partial charge in [-0.2, -0.15) is 0 Å². The number of carbonyl (C=O) groups excluding carboxylic acids is 1. The average Bonchev–Trinajstić information content (AvgIpc) is 2.41. The molecule has 0 saturated carbocycles. The second kappa shape index (κ2) is 5.85. The minimum Gasteiger partial charge on any atom is -0.340 e. The molecule has 0 aliphatic heterocycles. The van der Waals surface area contributed by atoms with Crippen LogP contribution in [0.2, 0.25) is 5.02 Å². The van der Waals surface area contributed by atoms with Crippen molar-refractivity contribution in [3.63, 3.8) is 0 Å². The van der Waals surface area contributed by atoms with Crippen LogP contribution in [0.3, 0.4) is 0 Å². The van der Waals surface area contributed by atoms with Crippen molar-refractivity contribution in [2.45, 2.75) is 6.92 Å². The van der Waals surface area contributed by atoms with Crippen LogP contribution < -0.4 is 4.90 Å². The van der Waals surface area contributed by atoms with Gasteiger partial charge in [-0.3, -0.25) is 4.79 Å². The van der Waals surface area contributed by atoms with Gasteiger partial charge in [0.25, 0.3) is 0 Å². The molecule has 2 aromatic rings. The van der Waals surface area contributed by atoms with Gasteiger partial charge in [0, 0.05) is 17.8 Å². The predicted octanol–water partition coefficient (Wildman–Crippen LogP) is 4.45. The van der Waals surface area contributed by atoms with Crippen LogP contribution in [-0.4, -0.2) is 12.8 Å². The van der Waals surface area contributed by atoms with Crippen LogP contribution in [-0.2, 0) is 0 Å². The fraction of sp³-hybridized carbons (Fsp3) is 0.133. The Labute approximate surface area is 116 Å². The van der Waals surface area contributed by atoms with E-state index in [1.165, 1.54) is 12.1 Å². The van der Waals surface area contributed by atoms with Gasteiger partial charge < -0.3 is 4.90 Å². The third-order valence-corrected chi connectivity index (χ3v) is 3.14. The molecule has 0 atom stereocenters. The Hall–Kier alpha value is -1.87. The Morgan fingerprint density at radius 2 is 2.05 bits per heavy atom. The monoisotopic (exact) mass is 277 g/mol. The van der Waals surface area contributed by atoms with E-state index in [1.807, 2.05) is 17.9 Å². The van der Waals surface area contributed by atoms with Crippen molar-refractivity contribution >= 4 is 29.3 Å². The van der Waals surface area contributed by atoms with Gasteiger partial charge in [-0.1, -0.05) is 17.7 Å². The third kappa shape index (κ3) is 2.93. The number of hydrogen-bond donors (Lipinski definition) is 0. The van der Waals surface area contributed by atoms with Gasteiger partial charge in [0.1, 0.15) is 12.1 Å². The van der Waals surface area contributed by atoms with Gasteiger partial charge in [-0.25, -0.2) is 4.39 Å². The molecule has 0 radical (unpaired) electrons. The van der Waals surface area contributed by atoms with Crippen molar-refractivity contribution in [3.05, 3.63) is 58.9 Å². The van der Waals surface area contributed by atoms with E-state index in [9.17, 15) is 9.18 Å². The molecule has 0 aromatic heterocycles. The summed E-state index contributed by atoms with van der Waals surface area (Å²) in [5.41, 5.74) is 1.99. The third-order valence-electron chi connectivity index (χ3n) is 2.83. The Balaban J connectivity index is 2.45. The summed E-state index contributed by atoms with van der Waals surface area (Å²) >= 11 is 6.18. The summed E-state index contributed by atoms with van der Waals surface area (Å²) in [6.07, 6.45) is 0.744. The van der Waals surface area contributed by atoms with Gasteiger partial charge in [0.15, 0.2) is 0 Å². The summed E-state index contributed by atoms with van der Waals surface area (Å²) in [5, 5.41) is 0.468. The van der Waals surface area contributed by atoms with Crippen LogP contribution in [0.5, 0.6) is 0 Å². The van der Waals surface area contributed by atoms with Gasteiger partial charge in [0.2, 0.25) is 0 Å². The highest BCUT2D eigenvalue weighted by Crippen LogP contribution is 2.32. The first-order valence-corrected chi connectivity index (χ1v) is 6.31. The molecule has 0 amide bonds. The summed E-state index contributed by atoms with van der Waals surface area (Å²) in [6, 6.07) is 11.4. The zero-order valence-corrected chi connectivity index (χ0v) is 11.2. The second-order valence-electron chi connectivity index (χ2n) is 4.05. The maximum Gasteiger partial charge on any atom is 0.150 e. The number of benzene rings is 2. The fourth-order valence-corrected chi connectivity index (χ4v) is 2.24. The molecule has 98 valence electrons. The van der Waals surface area contributed by atoms with Gasteiger partial charge in [-0.15, -0.1) is 0 Å². The lowest BCUT2D eigenvalue weighted by Gasteiger charge is -2.24. The van der Waals surface area contributed by atoms with Gasteiger partial charge >= 0.3 is 0 Å². The van der Waals surface area contributed by atoms with Crippen LogP contribution in [0, 0.1) is 5.82 Å². The molecular weight excluding hydrogens is 265 g/mol. The summed E-state index contributed by atoms with van der Waals surface area (Å²) < 4.78 is 13.3. The molecule has 4 heteroatoms. The van der Waals surface area contributed by atoms with Gasteiger partial charge in [-0.05, 0) is 43.3 Å². The van der Waals surface area contributed by atoms with Gasteiger partial charge in [0.05, 0.1) is 10.7 Å². The average molecular weight is 278 g/mol. The van der Waals surface area contributed by atoms with Crippen LogP contribution >= 0.6 is 11.6 Å². The summed E-state index contributed by atoms with van der Waals surface area (Å²) in [6.45, 7) is 2.60. The zero-order valence-electron chi connectivity index (χ0n) is 10.4. The van der Waals surface area contributed by atoms with E-state index < -0.39 is 0 Å². The molecule has 0 aliphatic carbocycles. The second-order valence-corrected chi connectivity index (χ2v) is 4.46. The molecule has 0 aliphatic rings. The highest BCUT2D eigenvalue weighted by Gasteiger charge is 2.12. The molecule has 0 fully saturated rings. The highest BCUT2D eigenvalue weighted by atomic mass is 35.5. The first-order chi connectivity index (χ1) is 9.15. The number of anilines is 2. The molecule has 2 rings (SSSR count). The van der Waals surface area contributed by atoms with Crippen LogP contribution in [0.25, 0.3) is 0 Å². The van der Waals surface area contributed by atoms with Crippen LogP contribution in [0.4, 0.5) is 15.8 Å². The molecule has 0 saturated heterocycles. The van der Waals surface area contributed by atoms with Crippen molar-refractivity contribution in [2.24, 2.45) is 0 Å². The van der Waals surface area contributed by atoms with E-state index in [-0.39, 0.29) is 5.82 Å². The number of rotatable bonds is 4. The number of hydrogen-bond acceptors (Lipinski definition) is 2. The smallest absolute Gasteiger partial charge is 0.150 e. The maximum absolute atomic E-state index is 13.3. The van der Waals surface area contributed by atoms with Crippen molar-refractivity contribution in [1.29, 1.82) is 0 Å². The van der Waals surface area contributed by atoms with E-state index in [0.717, 1.165) is 17.7 Å². The molecule has 19 heavy (non-hydrogen) atoms. The molecule has 2 nitrogen and oxygen atoms in total. The van der Waals surface area contributed by atoms with Crippen molar-refractivity contribution in [3.8, 4) is 0 Å². The van der Waals surface area contributed by atoms with E-state index in [2.05, 4.69) is 0 Å². The number of halogens is 2. The molecule has 0 bridgehead atoms. The first kappa shape index (κ1) is 13.6. The first-order valence-electron chi connectivity index (χ1n) is 5.93. The summed E-state index contributed by atoms with van der Waals surface area (Å²) in [5.74, 6) is -0.295. The Kier molecular flexibility index (Phi) is 4.17. The lowest BCUT2D eigenvalue weighted by molar-refractivity contribution is 0.112. The number of carbonyl (C=O) groups is 1. The molecule has 0 unspecified atom stereocenters. The van der Waals surface area contributed by atoms with Crippen molar-refractivity contribution < 1.29 is 9.18 Å². The largest absolute Gasteiger partial charge is 0.340 e. The van der Waals surface area contributed by atoms with E-state index in [4.69, 9.17) is 11.6 Å². The highest BCUT2D eigenvalue weighted by molar-refractivity contribution is 6.33. The van der Waals surface area contributed by atoms with E-state index in [0.29, 0.717) is 17.1 Å². The Morgan fingerprint density at radius 3 is 2.63 bits per heavy atom. The quantitative estimate of drug-likeness (QED) is 0.770. The molecule has 0 heterocycles. The normalized spacial score (nSPS) is 10.3. The lowest BCUT2D eigenvalue weighted by Crippen LogP contribution is -2.16. The van der Waals surface area contributed by atoms with Crippen LogP contribution in [0.15, 0.2) is 42.5 Å². The van der Waals surface area contributed by atoms with Crippen molar-refractivity contribution in [2.75, 3.05) is 11.4 Å². The zero-order chi connectivity index (χ0) is 13.8. The molecule has 2 aromatic carbocycles. The molecule has 0 spiro atoms. The SMILES string of the molecule is CCN(c1cccc(F)c1)c1ccc(C=O)cc1Cl. The summed E-state index contributed by atoms with van der Waals surface area (Å²) in [7, 11) is 0. The van der Waals surface area contributed by atoms with E-state index in [1.54, 1.807) is 24.3 Å². The standard InChI is InChI=1S/C15H13ClFNO/c1-2-18(13-5-3-4-12(17)9-13)15-7-6-11(10-19)8-14(15)16/h3-10H,2H2,1H3. The molecule has 0 N–H and O–H groups in total. The van der Waals surface area contributed by atoms with Crippen molar-refractivity contribution in [1.82, 2.24) is 0 Å². The topological polar surface area (TPSA) is 20.3 Å². The number of nitrogens with zero attached hydrogens (tertiary/aromatic N) is 1. The Morgan fingerprint density at radius 1 is 1.26 bits per heavy atom.